The Hall–Kier alpha value is -2.12. The molecule has 126 valence electrons. The van der Waals surface area contributed by atoms with E-state index >= 15 is 0 Å². The van der Waals surface area contributed by atoms with E-state index in [0.29, 0.717) is 23.9 Å². The molecule has 0 saturated carbocycles. The zero-order valence-electron chi connectivity index (χ0n) is 14.1. The summed E-state index contributed by atoms with van der Waals surface area (Å²) in [5, 5.41) is 9.21. The zero-order valence-corrected chi connectivity index (χ0v) is 14.9. The van der Waals surface area contributed by atoms with Crippen LogP contribution in [0.1, 0.15) is 34.4 Å². The van der Waals surface area contributed by atoms with Crippen LogP contribution in [0.5, 0.6) is 0 Å². The Morgan fingerprint density at radius 2 is 1.92 bits per heavy atom. The first kappa shape index (κ1) is 16.7. The standard InChI is InChI=1S/C17H19FN4OS/c1-10-16(24-12(3)19-10)11(2)22(4)9-15-20-21-17(23-15)13-5-7-14(18)8-6-13/h5-8,11H,9H2,1-4H3/t11-/m1/s1. The highest BCUT2D eigenvalue weighted by Gasteiger charge is 2.19. The van der Waals surface area contributed by atoms with Crippen LogP contribution in [0.2, 0.25) is 0 Å². The van der Waals surface area contributed by atoms with Crippen LogP contribution in [0, 0.1) is 19.7 Å². The van der Waals surface area contributed by atoms with Crippen molar-refractivity contribution in [2.75, 3.05) is 7.05 Å². The molecule has 2 heterocycles. The lowest BCUT2D eigenvalue weighted by atomic mass is 10.2. The summed E-state index contributed by atoms with van der Waals surface area (Å²) >= 11 is 1.71. The van der Waals surface area contributed by atoms with E-state index in [4.69, 9.17) is 4.42 Å². The maximum Gasteiger partial charge on any atom is 0.247 e. The van der Waals surface area contributed by atoms with Crippen LogP contribution in [0.4, 0.5) is 4.39 Å². The fourth-order valence-electron chi connectivity index (χ4n) is 2.51. The van der Waals surface area contributed by atoms with Gasteiger partial charge in [-0.25, -0.2) is 9.37 Å². The molecule has 5 nitrogen and oxygen atoms in total. The molecule has 3 rings (SSSR count). The van der Waals surface area contributed by atoms with E-state index in [-0.39, 0.29) is 11.9 Å². The summed E-state index contributed by atoms with van der Waals surface area (Å²) in [6.45, 7) is 6.71. The number of halogens is 1. The van der Waals surface area contributed by atoms with E-state index in [1.165, 1.54) is 17.0 Å². The van der Waals surface area contributed by atoms with Gasteiger partial charge in [0.05, 0.1) is 17.2 Å². The fraction of sp³-hybridized carbons (Fsp3) is 0.353. The molecule has 0 N–H and O–H groups in total. The van der Waals surface area contributed by atoms with E-state index in [9.17, 15) is 4.39 Å². The van der Waals surface area contributed by atoms with Crippen molar-refractivity contribution in [1.29, 1.82) is 0 Å². The highest BCUT2D eigenvalue weighted by atomic mass is 32.1. The molecule has 3 aromatic rings. The van der Waals surface area contributed by atoms with Gasteiger partial charge in [-0.2, -0.15) is 0 Å². The SMILES string of the molecule is Cc1nc(C)c([C@@H](C)N(C)Cc2nnc(-c3ccc(F)cc3)o2)s1. The largest absolute Gasteiger partial charge is 0.419 e. The summed E-state index contributed by atoms with van der Waals surface area (Å²) in [5.74, 6) is 0.640. The molecule has 7 heteroatoms. The summed E-state index contributed by atoms with van der Waals surface area (Å²) in [6, 6.07) is 6.22. The average Bonchev–Trinajstić information content (AvgIpc) is 3.13. The van der Waals surface area contributed by atoms with Gasteiger partial charge in [-0.1, -0.05) is 0 Å². The molecule has 0 saturated heterocycles. The van der Waals surface area contributed by atoms with Gasteiger partial charge in [0.15, 0.2) is 0 Å². The normalized spacial score (nSPS) is 12.8. The number of hydrogen-bond donors (Lipinski definition) is 0. The number of hydrogen-bond acceptors (Lipinski definition) is 6. The van der Waals surface area contributed by atoms with E-state index < -0.39 is 0 Å². The zero-order chi connectivity index (χ0) is 17.3. The fourth-order valence-corrected chi connectivity index (χ4v) is 3.56. The van der Waals surface area contributed by atoms with Crippen molar-refractivity contribution in [3.8, 4) is 11.5 Å². The molecule has 1 atom stereocenters. The van der Waals surface area contributed by atoms with Crippen molar-refractivity contribution in [3.05, 3.63) is 51.6 Å². The molecule has 0 unspecified atom stereocenters. The molecule has 0 fully saturated rings. The molecular formula is C17H19FN4OS. The number of benzene rings is 1. The lowest BCUT2D eigenvalue weighted by molar-refractivity contribution is 0.230. The second-order valence-electron chi connectivity index (χ2n) is 5.78. The first-order valence-corrected chi connectivity index (χ1v) is 8.48. The van der Waals surface area contributed by atoms with Crippen LogP contribution in [0.15, 0.2) is 28.7 Å². The summed E-state index contributed by atoms with van der Waals surface area (Å²) in [6.07, 6.45) is 0. The third-order valence-electron chi connectivity index (χ3n) is 3.92. The minimum Gasteiger partial charge on any atom is -0.419 e. The van der Waals surface area contributed by atoms with E-state index in [1.54, 1.807) is 23.5 Å². The Labute approximate surface area is 144 Å². The van der Waals surface area contributed by atoms with Crippen molar-refractivity contribution in [2.45, 2.75) is 33.4 Å². The molecule has 1 aromatic carbocycles. The first-order valence-electron chi connectivity index (χ1n) is 7.66. The first-order chi connectivity index (χ1) is 11.4. The molecule has 0 aliphatic carbocycles. The number of aromatic nitrogens is 3. The van der Waals surface area contributed by atoms with Gasteiger partial charge >= 0.3 is 0 Å². The quantitative estimate of drug-likeness (QED) is 0.695. The molecule has 0 aliphatic rings. The van der Waals surface area contributed by atoms with Gasteiger partial charge in [-0.3, -0.25) is 4.90 Å². The van der Waals surface area contributed by atoms with Crippen molar-refractivity contribution in [1.82, 2.24) is 20.1 Å². The Kier molecular flexibility index (Phi) is 4.73. The minimum absolute atomic E-state index is 0.206. The molecule has 24 heavy (non-hydrogen) atoms. The van der Waals surface area contributed by atoms with Crippen LogP contribution in [0.25, 0.3) is 11.5 Å². The minimum atomic E-state index is -0.290. The van der Waals surface area contributed by atoms with Crippen LogP contribution >= 0.6 is 11.3 Å². The van der Waals surface area contributed by atoms with Gasteiger partial charge in [0, 0.05) is 16.5 Å². The Balaban J connectivity index is 1.72. The predicted molar refractivity (Wildman–Crippen MR) is 91.2 cm³/mol. The van der Waals surface area contributed by atoms with Gasteiger partial charge in [0.1, 0.15) is 5.82 Å². The molecule has 0 radical (unpaired) electrons. The molecule has 0 bridgehead atoms. The Morgan fingerprint density at radius 3 is 2.54 bits per heavy atom. The third kappa shape index (κ3) is 3.52. The Bertz CT molecular complexity index is 827. The molecule has 0 spiro atoms. The van der Waals surface area contributed by atoms with Gasteiger partial charge in [-0.05, 0) is 52.1 Å². The van der Waals surface area contributed by atoms with Crippen LogP contribution in [0.3, 0.4) is 0 Å². The summed E-state index contributed by atoms with van der Waals surface area (Å²) < 4.78 is 18.7. The average molecular weight is 346 g/mol. The monoisotopic (exact) mass is 346 g/mol. The highest BCUT2D eigenvalue weighted by Crippen LogP contribution is 2.29. The maximum absolute atomic E-state index is 13.0. The Morgan fingerprint density at radius 1 is 1.21 bits per heavy atom. The van der Waals surface area contributed by atoms with E-state index in [2.05, 4.69) is 27.0 Å². The molecular weight excluding hydrogens is 327 g/mol. The molecule has 2 aromatic heterocycles. The van der Waals surface area contributed by atoms with Crippen molar-refractivity contribution < 1.29 is 8.81 Å². The van der Waals surface area contributed by atoms with Gasteiger partial charge < -0.3 is 4.42 Å². The molecule has 0 aliphatic heterocycles. The van der Waals surface area contributed by atoms with E-state index in [1.807, 2.05) is 20.9 Å². The summed E-state index contributed by atoms with van der Waals surface area (Å²) in [4.78, 5) is 7.87. The number of nitrogens with zero attached hydrogens (tertiary/aromatic N) is 4. The second kappa shape index (κ2) is 6.78. The van der Waals surface area contributed by atoms with Gasteiger partial charge in [0.25, 0.3) is 0 Å². The maximum atomic E-state index is 13.0. The summed E-state index contributed by atoms with van der Waals surface area (Å²) in [7, 11) is 2.01. The van der Waals surface area contributed by atoms with Crippen LogP contribution < -0.4 is 0 Å². The van der Waals surface area contributed by atoms with Gasteiger partial charge in [-0.15, -0.1) is 21.5 Å². The van der Waals surface area contributed by atoms with Crippen LogP contribution in [-0.4, -0.2) is 27.1 Å². The van der Waals surface area contributed by atoms with Crippen molar-refractivity contribution in [2.24, 2.45) is 0 Å². The smallest absolute Gasteiger partial charge is 0.247 e. The number of aryl methyl sites for hydroxylation is 2. The highest BCUT2D eigenvalue weighted by molar-refractivity contribution is 7.11. The van der Waals surface area contributed by atoms with Crippen molar-refractivity contribution in [3.63, 3.8) is 0 Å². The second-order valence-corrected chi connectivity index (χ2v) is 7.02. The van der Waals surface area contributed by atoms with Crippen molar-refractivity contribution >= 4 is 11.3 Å². The van der Waals surface area contributed by atoms with Crippen LogP contribution in [-0.2, 0) is 6.54 Å². The number of rotatable bonds is 5. The topological polar surface area (TPSA) is 55.1 Å². The number of thiazole rings is 1. The lowest BCUT2D eigenvalue weighted by Gasteiger charge is -2.22. The molecule has 0 amide bonds. The van der Waals surface area contributed by atoms with E-state index in [0.717, 1.165) is 10.7 Å². The lowest BCUT2D eigenvalue weighted by Crippen LogP contribution is -2.22. The predicted octanol–water partition coefficient (Wildman–Crippen LogP) is 4.14. The van der Waals surface area contributed by atoms with Gasteiger partial charge in [0.2, 0.25) is 11.8 Å². The summed E-state index contributed by atoms with van der Waals surface area (Å²) in [5.41, 5.74) is 1.77. The third-order valence-corrected chi connectivity index (χ3v) is 5.17.